The monoisotopic (exact) mass is 293 g/mol. The van der Waals surface area contributed by atoms with Crippen LogP contribution in [0, 0.1) is 29.6 Å². The van der Waals surface area contributed by atoms with Crippen LogP contribution in [0.4, 0.5) is 11.4 Å². The van der Waals surface area contributed by atoms with E-state index in [1.807, 2.05) is 6.92 Å². The summed E-state index contributed by atoms with van der Waals surface area (Å²) in [6.07, 6.45) is 1.41. The Bertz CT molecular complexity index is 778. The third-order valence-electron chi connectivity index (χ3n) is 2.74. The van der Waals surface area contributed by atoms with Gasteiger partial charge in [-0.15, -0.1) is 0 Å². The van der Waals surface area contributed by atoms with Crippen molar-refractivity contribution in [3.8, 4) is 12.1 Å². The number of rotatable bonds is 4. The molecule has 0 aliphatic rings. The summed E-state index contributed by atoms with van der Waals surface area (Å²) in [5, 5.41) is 23.6. The highest BCUT2D eigenvalue weighted by Crippen LogP contribution is 2.21. The predicted molar refractivity (Wildman–Crippen MR) is 80.1 cm³/mol. The average molecular weight is 293 g/mol. The zero-order valence-electron chi connectivity index (χ0n) is 11.6. The molecular formula is C15H11N5O2. The number of hydrazone groups is 1. The summed E-state index contributed by atoms with van der Waals surface area (Å²) in [6, 6.07) is 11.6. The Labute approximate surface area is 126 Å². The molecule has 0 fully saturated rings. The number of nitriles is 2. The summed E-state index contributed by atoms with van der Waals surface area (Å²) in [4.78, 5) is 11.9. The lowest BCUT2D eigenvalue weighted by Crippen LogP contribution is -2.11. The molecule has 0 aliphatic heterocycles. The maximum absolute atomic E-state index is 11.9. The smallest absolute Gasteiger partial charge is 0.291 e. The molecule has 7 nitrogen and oxygen atoms in total. The van der Waals surface area contributed by atoms with E-state index < -0.39 is 0 Å². The van der Waals surface area contributed by atoms with Gasteiger partial charge in [-0.3, -0.25) is 10.2 Å². The van der Waals surface area contributed by atoms with Crippen molar-refractivity contribution in [2.24, 2.45) is 5.10 Å². The van der Waals surface area contributed by atoms with Crippen molar-refractivity contribution in [2.45, 2.75) is 6.92 Å². The molecule has 2 rings (SSSR count). The maximum atomic E-state index is 11.9. The van der Waals surface area contributed by atoms with Crippen molar-refractivity contribution in [3.63, 3.8) is 0 Å². The molecule has 0 spiro atoms. The summed E-state index contributed by atoms with van der Waals surface area (Å²) in [7, 11) is 0. The summed E-state index contributed by atoms with van der Waals surface area (Å²) in [5.74, 6) is -0.178. The minimum atomic E-state index is -0.377. The first-order valence-electron chi connectivity index (χ1n) is 6.23. The standard InChI is InChI=1S/C15H11N5O2/c1-10-4-5-11(18-15(21)14-3-2-6-22-14)7-13(10)20-19-12(8-16)9-17/h2-7,20H,1H3,(H,18,21). The van der Waals surface area contributed by atoms with Crippen LogP contribution in [0.15, 0.2) is 46.1 Å². The fraction of sp³-hybridized carbons (Fsp3) is 0.0667. The Hall–Kier alpha value is -3.58. The molecule has 2 N–H and O–H groups in total. The van der Waals surface area contributed by atoms with Crippen molar-refractivity contribution in [1.82, 2.24) is 0 Å². The van der Waals surface area contributed by atoms with E-state index in [4.69, 9.17) is 14.9 Å². The van der Waals surface area contributed by atoms with Crippen molar-refractivity contribution in [3.05, 3.63) is 47.9 Å². The molecule has 1 heterocycles. The summed E-state index contributed by atoms with van der Waals surface area (Å²) in [6.45, 7) is 1.83. The molecule has 0 radical (unpaired) electrons. The van der Waals surface area contributed by atoms with E-state index in [0.29, 0.717) is 11.4 Å². The van der Waals surface area contributed by atoms with Gasteiger partial charge in [0.2, 0.25) is 5.71 Å². The van der Waals surface area contributed by atoms with Crippen molar-refractivity contribution < 1.29 is 9.21 Å². The normalized spacial score (nSPS) is 9.23. The highest BCUT2D eigenvalue weighted by molar-refractivity contribution is 6.10. The first-order valence-corrected chi connectivity index (χ1v) is 6.23. The largest absolute Gasteiger partial charge is 0.459 e. The lowest BCUT2D eigenvalue weighted by molar-refractivity contribution is 0.0996. The van der Waals surface area contributed by atoms with E-state index in [1.165, 1.54) is 6.26 Å². The fourth-order valence-electron chi connectivity index (χ4n) is 1.61. The molecule has 0 atom stereocenters. The molecule has 0 saturated carbocycles. The predicted octanol–water partition coefficient (Wildman–Crippen LogP) is 2.66. The molecule has 1 amide bonds. The van der Waals surface area contributed by atoms with E-state index in [0.717, 1.165) is 5.56 Å². The Kier molecular flexibility index (Phi) is 4.53. The van der Waals surface area contributed by atoms with Gasteiger partial charge in [0.05, 0.1) is 12.0 Å². The third-order valence-corrected chi connectivity index (χ3v) is 2.74. The number of nitrogens with one attached hydrogen (secondary N) is 2. The lowest BCUT2D eigenvalue weighted by atomic mass is 10.2. The van der Waals surface area contributed by atoms with Crippen molar-refractivity contribution in [1.29, 1.82) is 10.5 Å². The van der Waals surface area contributed by atoms with Crippen LogP contribution in [-0.4, -0.2) is 11.6 Å². The summed E-state index contributed by atoms with van der Waals surface area (Å²) in [5.41, 5.74) is 4.28. The number of benzene rings is 1. The van der Waals surface area contributed by atoms with Crippen LogP contribution in [0.1, 0.15) is 16.1 Å². The molecule has 108 valence electrons. The molecule has 1 aromatic carbocycles. The number of aryl methyl sites for hydroxylation is 1. The van der Waals surface area contributed by atoms with Gasteiger partial charge in [0.1, 0.15) is 12.1 Å². The maximum Gasteiger partial charge on any atom is 0.291 e. The Morgan fingerprint density at radius 3 is 2.68 bits per heavy atom. The Morgan fingerprint density at radius 2 is 2.05 bits per heavy atom. The van der Waals surface area contributed by atoms with E-state index >= 15 is 0 Å². The molecule has 0 saturated heterocycles. The van der Waals surface area contributed by atoms with Crippen LogP contribution in [0.3, 0.4) is 0 Å². The number of nitrogens with zero attached hydrogens (tertiary/aromatic N) is 3. The van der Waals surface area contributed by atoms with Crippen molar-refractivity contribution in [2.75, 3.05) is 10.7 Å². The molecule has 0 unspecified atom stereocenters. The van der Waals surface area contributed by atoms with E-state index in [9.17, 15) is 4.79 Å². The average Bonchev–Trinajstić information content (AvgIpc) is 3.05. The molecule has 2 aromatic rings. The number of furan rings is 1. The first-order chi connectivity index (χ1) is 10.6. The van der Waals surface area contributed by atoms with Gasteiger partial charge < -0.3 is 9.73 Å². The topological polar surface area (TPSA) is 114 Å². The number of hydrogen-bond acceptors (Lipinski definition) is 6. The number of hydrogen-bond donors (Lipinski definition) is 2. The Balaban J connectivity index is 2.17. The zero-order valence-corrected chi connectivity index (χ0v) is 11.6. The molecule has 0 bridgehead atoms. The van der Waals surface area contributed by atoms with Gasteiger partial charge in [-0.25, -0.2) is 0 Å². The van der Waals surface area contributed by atoms with Crippen LogP contribution in [0.2, 0.25) is 0 Å². The van der Waals surface area contributed by atoms with E-state index in [1.54, 1.807) is 42.5 Å². The van der Waals surface area contributed by atoms with Gasteiger partial charge >= 0.3 is 0 Å². The van der Waals surface area contributed by atoms with Gasteiger partial charge in [-0.05, 0) is 36.8 Å². The molecule has 22 heavy (non-hydrogen) atoms. The minimum absolute atomic E-state index is 0.198. The van der Waals surface area contributed by atoms with Crippen molar-refractivity contribution >= 4 is 23.0 Å². The second-order valence-electron chi connectivity index (χ2n) is 4.26. The molecule has 0 aliphatic carbocycles. The molecule has 1 aromatic heterocycles. The highest BCUT2D eigenvalue weighted by Gasteiger charge is 2.09. The third kappa shape index (κ3) is 3.50. The van der Waals surface area contributed by atoms with Gasteiger partial charge in [0.25, 0.3) is 5.91 Å². The second-order valence-corrected chi connectivity index (χ2v) is 4.26. The van der Waals surface area contributed by atoms with Gasteiger partial charge in [0.15, 0.2) is 5.76 Å². The van der Waals surface area contributed by atoms with Gasteiger partial charge in [-0.2, -0.15) is 15.6 Å². The minimum Gasteiger partial charge on any atom is -0.459 e. The van der Waals surface area contributed by atoms with Crippen LogP contribution < -0.4 is 10.7 Å². The summed E-state index contributed by atoms with van der Waals surface area (Å²) >= 11 is 0. The van der Waals surface area contributed by atoms with Crippen LogP contribution in [0.5, 0.6) is 0 Å². The lowest BCUT2D eigenvalue weighted by Gasteiger charge is -2.08. The Morgan fingerprint density at radius 1 is 1.27 bits per heavy atom. The molecular weight excluding hydrogens is 282 g/mol. The molecule has 7 heteroatoms. The second kappa shape index (κ2) is 6.73. The van der Waals surface area contributed by atoms with Crippen LogP contribution in [-0.2, 0) is 0 Å². The SMILES string of the molecule is Cc1ccc(NC(=O)c2ccco2)cc1NN=C(C#N)C#N. The quantitative estimate of drug-likeness (QED) is 0.664. The van der Waals surface area contributed by atoms with Gasteiger partial charge in [-0.1, -0.05) is 6.07 Å². The zero-order chi connectivity index (χ0) is 15.9. The van der Waals surface area contributed by atoms with Crippen LogP contribution >= 0.6 is 0 Å². The number of carbonyl (C=O) groups is 1. The van der Waals surface area contributed by atoms with E-state index in [2.05, 4.69) is 15.8 Å². The van der Waals surface area contributed by atoms with Gasteiger partial charge in [0, 0.05) is 5.69 Å². The van der Waals surface area contributed by atoms with E-state index in [-0.39, 0.29) is 17.4 Å². The highest BCUT2D eigenvalue weighted by atomic mass is 16.3. The number of carbonyl (C=O) groups excluding carboxylic acids is 1. The number of anilines is 2. The fourth-order valence-corrected chi connectivity index (χ4v) is 1.61. The summed E-state index contributed by atoms with van der Waals surface area (Å²) < 4.78 is 5.01. The van der Waals surface area contributed by atoms with Crippen LogP contribution in [0.25, 0.3) is 0 Å². The first kappa shape index (κ1) is 14.8. The number of amides is 1.